The lowest BCUT2D eigenvalue weighted by atomic mass is 10.1. The van der Waals surface area contributed by atoms with E-state index in [1.807, 2.05) is 32.0 Å². The van der Waals surface area contributed by atoms with E-state index in [1.165, 1.54) is 11.0 Å². The highest BCUT2D eigenvalue weighted by Gasteiger charge is 2.14. The number of esters is 1. The van der Waals surface area contributed by atoms with E-state index in [2.05, 4.69) is 4.98 Å². The lowest BCUT2D eigenvalue weighted by Crippen LogP contribution is -2.29. The number of hydrogen-bond donors (Lipinski definition) is 0. The Balaban J connectivity index is 2.40. The van der Waals surface area contributed by atoms with E-state index in [0.717, 1.165) is 16.8 Å². The number of ether oxygens (including phenoxy) is 1. The van der Waals surface area contributed by atoms with Gasteiger partial charge in [-0.15, -0.1) is 0 Å². The molecule has 0 unspecified atom stereocenters. The molecular formula is C15H19N3O3. The molecule has 112 valence electrons. The van der Waals surface area contributed by atoms with Crippen molar-refractivity contribution in [1.82, 2.24) is 14.3 Å². The molecule has 1 aromatic carbocycles. The second kappa shape index (κ2) is 5.95. The Bertz CT molecular complexity index is 713. The average Bonchev–Trinajstić information content (AvgIpc) is 2.73. The van der Waals surface area contributed by atoms with Gasteiger partial charge < -0.3 is 4.74 Å². The van der Waals surface area contributed by atoms with Gasteiger partial charge in [0.15, 0.2) is 0 Å². The van der Waals surface area contributed by atoms with Crippen LogP contribution in [0.4, 0.5) is 0 Å². The molecule has 0 saturated heterocycles. The minimum atomic E-state index is -0.475. The summed E-state index contributed by atoms with van der Waals surface area (Å²) in [4.78, 5) is 27.4. The highest BCUT2D eigenvalue weighted by Crippen LogP contribution is 2.14. The van der Waals surface area contributed by atoms with Crippen LogP contribution in [0.25, 0.3) is 5.69 Å². The van der Waals surface area contributed by atoms with Gasteiger partial charge in [-0.25, -0.2) is 14.2 Å². The van der Waals surface area contributed by atoms with E-state index in [1.54, 1.807) is 18.5 Å². The molecule has 0 fully saturated rings. The molecule has 1 aromatic heterocycles. The molecule has 0 aliphatic carbocycles. The van der Waals surface area contributed by atoms with Gasteiger partial charge >= 0.3 is 11.7 Å². The van der Waals surface area contributed by atoms with Gasteiger partial charge in [0.2, 0.25) is 0 Å². The van der Waals surface area contributed by atoms with Crippen molar-refractivity contribution < 1.29 is 9.53 Å². The molecular weight excluding hydrogens is 270 g/mol. The number of rotatable bonds is 4. The van der Waals surface area contributed by atoms with Gasteiger partial charge in [-0.3, -0.25) is 4.79 Å². The maximum atomic E-state index is 11.9. The van der Waals surface area contributed by atoms with Crippen molar-refractivity contribution >= 4 is 5.97 Å². The Labute approximate surface area is 123 Å². The van der Waals surface area contributed by atoms with Crippen LogP contribution in [-0.2, 0) is 16.1 Å². The van der Waals surface area contributed by atoms with Crippen LogP contribution < -0.4 is 5.69 Å². The van der Waals surface area contributed by atoms with E-state index in [0.29, 0.717) is 0 Å². The van der Waals surface area contributed by atoms with Gasteiger partial charge in [-0.05, 0) is 44.9 Å². The molecule has 21 heavy (non-hydrogen) atoms. The summed E-state index contributed by atoms with van der Waals surface area (Å²) in [6, 6.07) is 5.90. The minimum absolute atomic E-state index is 0.162. The number of aryl methyl sites for hydroxylation is 2. The Kier molecular flexibility index (Phi) is 4.26. The van der Waals surface area contributed by atoms with E-state index in [-0.39, 0.29) is 12.6 Å². The first-order valence-electron chi connectivity index (χ1n) is 6.80. The van der Waals surface area contributed by atoms with E-state index < -0.39 is 11.7 Å². The fourth-order valence-electron chi connectivity index (χ4n) is 2.05. The van der Waals surface area contributed by atoms with Crippen molar-refractivity contribution in [2.75, 3.05) is 0 Å². The smallest absolute Gasteiger partial charge is 0.364 e. The van der Waals surface area contributed by atoms with Gasteiger partial charge in [-0.1, -0.05) is 12.1 Å². The second-order valence-corrected chi connectivity index (χ2v) is 5.26. The third kappa shape index (κ3) is 3.39. The van der Waals surface area contributed by atoms with Crippen molar-refractivity contribution in [1.29, 1.82) is 0 Å². The average molecular weight is 289 g/mol. The topological polar surface area (TPSA) is 66.1 Å². The summed E-state index contributed by atoms with van der Waals surface area (Å²) < 4.78 is 7.94. The van der Waals surface area contributed by atoms with E-state index in [9.17, 15) is 9.59 Å². The van der Waals surface area contributed by atoms with Crippen LogP contribution in [0.2, 0.25) is 0 Å². The Hall–Kier alpha value is -2.37. The van der Waals surface area contributed by atoms with Crippen LogP contribution in [-0.4, -0.2) is 26.4 Å². The summed E-state index contributed by atoms with van der Waals surface area (Å²) in [7, 11) is 0. The van der Waals surface area contributed by atoms with Crippen LogP contribution in [0.5, 0.6) is 0 Å². The lowest BCUT2D eigenvalue weighted by Gasteiger charge is -2.14. The SMILES string of the molecule is Cc1ccc(C)c(-n2cnc(=O)n2CC(=O)OC(C)C)c1. The van der Waals surface area contributed by atoms with Crippen molar-refractivity contribution in [2.24, 2.45) is 0 Å². The first kappa shape index (κ1) is 15.0. The Morgan fingerprint density at radius 3 is 2.71 bits per heavy atom. The molecule has 0 bridgehead atoms. The van der Waals surface area contributed by atoms with Gasteiger partial charge in [0, 0.05) is 0 Å². The Morgan fingerprint density at radius 1 is 1.33 bits per heavy atom. The fourth-order valence-corrected chi connectivity index (χ4v) is 2.05. The van der Waals surface area contributed by atoms with Gasteiger partial charge in [-0.2, -0.15) is 4.98 Å². The molecule has 2 aromatic rings. The van der Waals surface area contributed by atoms with Gasteiger partial charge in [0.1, 0.15) is 12.9 Å². The zero-order valence-electron chi connectivity index (χ0n) is 12.7. The molecule has 0 amide bonds. The molecule has 0 aliphatic heterocycles. The van der Waals surface area contributed by atoms with Crippen LogP contribution in [0.15, 0.2) is 29.3 Å². The molecule has 0 saturated carbocycles. The van der Waals surface area contributed by atoms with Crippen LogP contribution >= 0.6 is 0 Å². The zero-order valence-corrected chi connectivity index (χ0v) is 12.7. The summed E-state index contributed by atoms with van der Waals surface area (Å²) in [6.07, 6.45) is 1.21. The molecule has 2 rings (SSSR count). The van der Waals surface area contributed by atoms with Crippen molar-refractivity contribution in [3.63, 3.8) is 0 Å². The molecule has 0 spiro atoms. The normalized spacial score (nSPS) is 10.9. The monoisotopic (exact) mass is 289 g/mol. The highest BCUT2D eigenvalue weighted by atomic mass is 16.5. The number of benzene rings is 1. The number of nitrogens with zero attached hydrogens (tertiary/aromatic N) is 3. The molecule has 0 aliphatic rings. The fraction of sp³-hybridized carbons (Fsp3) is 0.400. The lowest BCUT2D eigenvalue weighted by molar-refractivity contribution is -0.148. The quantitative estimate of drug-likeness (QED) is 0.802. The van der Waals surface area contributed by atoms with E-state index in [4.69, 9.17) is 4.74 Å². The van der Waals surface area contributed by atoms with E-state index >= 15 is 0 Å². The van der Waals surface area contributed by atoms with Crippen molar-refractivity contribution in [3.05, 3.63) is 46.1 Å². The molecule has 0 radical (unpaired) electrons. The molecule has 1 heterocycles. The third-order valence-electron chi connectivity index (χ3n) is 3.02. The molecule has 0 atom stereocenters. The highest BCUT2D eigenvalue weighted by molar-refractivity contribution is 5.69. The number of hydrogen-bond acceptors (Lipinski definition) is 4. The maximum Gasteiger partial charge on any atom is 0.364 e. The van der Waals surface area contributed by atoms with Crippen LogP contribution in [0, 0.1) is 13.8 Å². The molecule has 6 heteroatoms. The maximum absolute atomic E-state index is 11.9. The van der Waals surface area contributed by atoms with Gasteiger partial charge in [0.05, 0.1) is 11.8 Å². The summed E-state index contributed by atoms with van der Waals surface area (Å²) >= 11 is 0. The minimum Gasteiger partial charge on any atom is -0.462 e. The standard InChI is InChI=1S/C15H19N3O3/c1-10(2)21-14(19)8-17-15(20)16-9-18(17)13-7-11(3)5-6-12(13)4/h5-7,9-10H,8H2,1-4H3. The first-order valence-corrected chi connectivity index (χ1v) is 6.80. The summed E-state index contributed by atoms with van der Waals surface area (Å²) in [6.45, 7) is 7.28. The van der Waals surface area contributed by atoms with Gasteiger partial charge in [0.25, 0.3) is 0 Å². The summed E-state index contributed by atoms with van der Waals surface area (Å²) in [5, 5.41) is 0. The van der Waals surface area contributed by atoms with Crippen molar-refractivity contribution in [2.45, 2.75) is 40.3 Å². The predicted octanol–water partition coefficient (Wildman–Crippen LogP) is 1.60. The summed E-state index contributed by atoms with van der Waals surface area (Å²) in [5.74, 6) is -0.459. The van der Waals surface area contributed by atoms with Crippen molar-refractivity contribution in [3.8, 4) is 5.69 Å². The largest absolute Gasteiger partial charge is 0.462 e. The Morgan fingerprint density at radius 2 is 2.05 bits per heavy atom. The van der Waals surface area contributed by atoms with Crippen LogP contribution in [0.3, 0.4) is 0 Å². The first-order chi connectivity index (χ1) is 9.88. The number of aromatic nitrogens is 3. The third-order valence-corrected chi connectivity index (χ3v) is 3.02. The van der Waals surface area contributed by atoms with Crippen LogP contribution in [0.1, 0.15) is 25.0 Å². The number of carbonyl (C=O) groups is 1. The number of carbonyl (C=O) groups excluding carboxylic acids is 1. The molecule has 6 nitrogen and oxygen atoms in total. The summed E-state index contributed by atoms with van der Waals surface area (Å²) in [5.41, 5.74) is 2.40. The molecule has 0 N–H and O–H groups in total. The predicted molar refractivity (Wildman–Crippen MR) is 78.5 cm³/mol. The zero-order chi connectivity index (χ0) is 15.6. The second-order valence-electron chi connectivity index (χ2n) is 5.26.